The summed E-state index contributed by atoms with van der Waals surface area (Å²) < 4.78 is 6.32. The first-order valence-electron chi connectivity index (χ1n) is 6.84. The van der Waals surface area contributed by atoms with Crippen molar-refractivity contribution in [3.05, 3.63) is 28.8 Å². The molecule has 96 valence electrons. The smallest absolute Gasteiger partial charge is 0.126 e. The summed E-state index contributed by atoms with van der Waals surface area (Å²) in [4.78, 5) is 0. The number of benzene rings is 1. The minimum Gasteiger partial charge on any atom is -0.486 e. The Bertz CT molecular complexity index is 501. The van der Waals surface area contributed by atoms with Gasteiger partial charge < -0.3 is 9.84 Å². The Morgan fingerprint density at radius 1 is 1.39 bits per heavy atom. The summed E-state index contributed by atoms with van der Waals surface area (Å²) in [6.45, 7) is 0. The summed E-state index contributed by atoms with van der Waals surface area (Å²) in [5.74, 6) is 2.36. The van der Waals surface area contributed by atoms with Gasteiger partial charge in [-0.3, -0.25) is 0 Å². The van der Waals surface area contributed by atoms with Crippen LogP contribution < -0.4 is 4.74 Å². The van der Waals surface area contributed by atoms with E-state index in [0.29, 0.717) is 10.9 Å². The van der Waals surface area contributed by atoms with Crippen molar-refractivity contribution in [1.82, 2.24) is 0 Å². The van der Waals surface area contributed by atoms with E-state index in [1.165, 1.54) is 19.3 Å². The molecule has 18 heavy (non-hydrogen) atoms. The van der Waals surface area contributed by atoms with E-state index < -0.39 is 6.10 Å². The van der Waals surface area contributed by atoms with Crippen molar-refractivity contribution in [3.8, 4) is 5.75 Å². The predicted octanol–water partition coefficient (Wildman–Crippen LogP) is 3.71. The second-order valence-electron chi connectivity index (χ2n) is 6.06. The Hall–Kier alpha value is -0.730. The lowest BCUT2D eigenvalue weighted by Crippen LogP contribution is -2.45. The largest absolute Gasteiger partial charge is 0.486 e. The maximum absolute atomic E-state index is 10.4. The number of hydrogen-bond donors (Lipinski definition) is 1. The van der Waals surface area contributed by atoms with Crippen molar-refractivity contribution in [1.29, 1.82) is 0 Å². The van der Waals surface area contributed by atoms with Gasteiger partial charge in [-0.25, -0.2) is 0 Å². The van der Waals surface area contributed by atoms with Crippen molar-refractivity contribution in [2.45, 2.75) is 43.8 Å². The van der Waals surface area contributed by atoms with Gasteiger partial charge in [0.1, 0.15) is 11.4 Å². The molecule has 1 spiro atoms. The third-order valence-electron chi connectivity index (χ3n) is 4.96. The first-order chi connectivity index (χ1) is 8.68. The number of fused-ring (bicyclic) bond motifs is 3. The zero-order chi connectivity index (χ0) is 12.3. The van der Waals surface area contributed by atoms with E-state index in [2.05, 4.69) is 0 Å². The van der Waals surface area contributed by atoms with E-state index in [4.69, 9.17) is 16.3 Å². The number of rotatable bonds is 0. The lowest BCUT2D eigenvalue weighted by molar-refractivity contribution is -0.0493. The molecule has 4 rings (SSSR count). The molecule has 0 bridgehead atoms. The Kier molecular flexibility index (Phi) is 2.25. The molecule has 0 aromatic heterocycles. The zero-order valence-electron chi connectivity index (χ0n) is 10.2. The predicted molar refractivity (Wildman–Crippen MR) is 69.8 cm³/mol. The van der Waals surface area contributed by atoms with Gasteiger partial charge >= 0.3 is 0 Å². The molecule has 3 aliphatic rings. The molecule has 0 radical (unpaired) electrons. The van der Waals surface area contributed by atoms with Crippen molar-refractivity contribution in [2.75, 3.05) is 0 Å². The fraction of sp³-hybridized carbons (Fsp3) is 0.600. The van der Waals surface area contributed by atoms with Gasteiger partial charge in [-0.05, 0) is 49.8 Å². The van der Waals surface area contributed by atoms with Gasteiger partial charge in [0.25, 0.3) is 0 Å². The standard InChI is InChI=1S/C15H17ClO2/c16-10-3-4-14-11(7-10)13(17)8-15(18-14)5-1-2-9-6-12(9)15/h3-4,7,9,12-13,17H,1-2,5-6,8H2/t9?,12?,13-,15?/m1/s1. The molecule has 3 unspecified atom stereocenters. The van der Waals surface area contributed by atoms with Crippen LogP contribution in [-0.4, -0.2) is 10.7 Å². The fourth-order valence-electron chi connectivity index (χ4n) is 4.01. The highest BCUT2D eigenvalue weighted by atomic mass is 35.5. The number of aliphatic hydroxyl groups is 1. The Morgan fingerprint density at radius 2 is 2.28 bits per heavy atom. The van der Waals surface area contributed by atoms with Gasteiger partial charge in [0.2, 0.25) is 0 Å². The van der Waals surface area contributed by atoms with E-state index in [9.17, 15) is 5.11 Å². The van der Waals surface area contributed by atoms with Crippen LogP contribution in [0.2, 0.25) is 5.02 Å². The van der Waals surface area contributed by atoms with Crippen molar-refractivity contribution in [2.24, 2.45) is 11.8 Å². The summed E-state index contributed by atoms with van der Waals surface area (Å²) in [7, 11) is 0. The van der Waals surface area contributed by atoms with E-state index in [1.54, 1.807) is 0 Å². The van der Waals surface area contributed by atoms with Crippen molar-refractivity contribution < 1.29 is 9.84 Å². The molecule has 2 saturated carbocycles. The molecule has 1 heterocycles. The minimum atomic E-state index is -0.424. The average Bonchev–Trinajstić information content (AvgIpc) is 3.11. The average molecular weight is 265 g/mol. The molecule has 0 amide bonds. The van der Waals surface area contributed by atoms with Crippen LogP contribution in [-0.2, 0) is 0 Å². The summed E-state index contributed by atoms with van der Waals surface area (Å²) in [5.41, 5.74) is 0.763. The highest BCUT2D eigenvalue weighted by Crippen LogP contribution is 2.60. The second kappa shape index (κ2) is 3.64. The van der Waals surface area contributed by atoms with Gasteiger partial charge in [-0.1, -0.05) is 11.6 Å². The summed E-state index contributed by atoms with van der Waals surface area (Å²) in [6, 6.07) is 5.59. The van der Waals surface area contributed by atoms with Crippen LogP contribution in [0.25, 0.3) is 0 Å². The number of halogens is 1. The van der Waals surface area contributed by atoms with E-state index in [0.717, 1.165) is 30.1 Å². The molecule has 1 aromatic rings. The number of aliphatic hydroxyl groups excluding tert-OH is 1. The molecule has 2 fully saturated rings. The molecule has 1 aliphatic heterocycles. The SMILES string of the molecule is O[C@@H]1CC2(CCCC3CC32)Oc2ccc(Cl)cc21. The number of hydrogen-bond acceptors (Lipinski definition) is 2. The van der Waals surface area contributed by atoms with Crippen LogP contribution in [0.15, 0.2) is 18.2 Å². The highest BCUT2D eigenvalue weighted by Gasteiger charge is 2.58. The van der Waals surface area contributed by atoms with Gasteiger partial charge in [0.05, 0.1) is 6.10 Å². The normalized spacial score (nSPS) is 40.9. The van der Waals surface area contributed by atoms with Gasteiger partial charge in [0, 0.05) is 22.9 Å². The summed E-state index contributed by atoms with van der Waals surface area (Å²) in [5, 5.41) is 11.1. The van der Waals surface area contributed by atoms with Gasteiger partial charge in [0.15, 0.2) is 0 Å². The Morgan fingerprint density at radius 3 is 3.17 bits per heavy atom. The van der Waals surface area contributed by atoms with E-state index in [-0.39, 0.29) is 5.60 Å². The van der Waals surface area contributed by atoms with E-state index in [1.807, 2.05) is 18.2 Å². The Balaban J connectivity index is 1.73. The molecule has 2 aliphatic carbocycles. The maximum atomic E-state index is 10.4. The monoisotopic (exact) mass is 264 g/mol. The molecule has 0 saturated heterocycles. The lowest BCUT2D eigenvalue weighted by Gasteiger charge is -2.43. The lowest BCUT2D eigenvalue weighted by atomic mass is 9.77. The number of ether oxygens (including phenoxy) is 1. The quantitative estimate of drug-likeness (QED) is 0.774. The molecule has 1 N–H and O–H groups in total. The zero-order valence-corrected chi connectivity index (χ0v) is 11.0. The van der Waals surface area contributed by atoms with Crippen LogP contribution in [0.5, 0.6) is 5.75 Å². The van der Waals surface area contributed by atoms with Crippen LogP contribution in [0.4, 0.5) is 0 Å². The third-order valence-corrected chi connectivity index (χ3v) is 5.19. The van der Waals surface area contributed by atoms with Crippen LogP contribution in [0, 0.1) is 11.8 Å². The minimum absolute atomic E-state index is 0.0941. The summed E-state index contributed by atoms with van der Waals surface area (Å²) >= 11 is 5.99. The molecule has 1 aromatic carbocycles. The van der Waals surface area contributed by atoms with Gasteiger partial charge in [-0.2, -0.15) is 0 Å². The maximum Gasteiger partial charge on any atom is 0.126 e. The summed E-state index contributed by atoms with van der Waals surface area (Å²) in [6.07, 6.45) is 5.27. The van der Waals surface area contributed by atoms with Crippen LogP contribution >= 0.6 is 11.6 Å². The molecule has 4 atom stereocenters. The first kappa shape index (κ1) is 11.1. The topological polar surface area (TPSA) is 29.5 Å². The third kappa shape index (κ3) is 1.52. The molecule has 2 nitrogen and oxygen atoms in total. The molecular weight excluding hydrogens is 248 g/mol. The fourth-order valence-corrected chi connectivity index (χ4v) is 4.19. The highest BCUT2D eigenvalue weighted by molar-refractivity contribution is 6.30. The molecular formula is C15H17ClO2. The second-order valence-corrected chi connectivity index (χ2v) is 6.50. The Labute approximate surface area is 112 Å². The first-order valence-corrected chi connectivity index (χ1v) is 7.22. The van der Waals surface area contributed by atoms with Crippen molar-refractivity contribution in [3.63, 3.8) is 0 Å². The van der Waals surface area contributed by atoms with Crippen molar-refractivity contribution >= 4 is 11.6 Å². The molecule has 3 heteroatoms. The van der Waals surface area contributed by atoms with Gasteiger partial charge in [-0.15, -0.1) is 0 Å². The van der Waals surface area contributed by atoms with E-state index >= 15 is 0 Å². The van der Waals surface area contributed by atoms with Crippen LogP contribution in [0.3, 0.4) is 0 Å². The van der Waals surface area contributed by atoms with Crippen LogP contribution in [0.1, 0.15) is 43.8 Å².